The molecular formula is C20H17N9. The van der Waals surface area contributed by atoms with E-state index in [1.807, 2.05) is 47.0 Å². The Morgan fingerprint density at radius 1 is 1.00 bits per heavy atom. The highest BCUT2D eigenvalue weighted by molar-refractivity contribution is 5.82. The zero-order valence-corrected chi connectivity index (χ0v) is 15.4. The highest BCUT2D eigenvalue weighted by Gasteiger charge is 2.10. The molecule has 0 saturated carbocycles. The van der Waals surface area contributed by atoms with Crippen molar-refractivity contribution < 1.29 is 0 Å². The Balaban J connectivity index is 1.40. The highest BCUT2D eigenvalue weighted by Crippen LogP contribution is 2.23. The van der Waals surface area contributed by atoms with Crippen LogP contribution in [0.15, 0.2) is 67.1 Å². The first-order valence-corrected chi connectivity index (χ1v) is 9.19. The molecule has 2 aromatic carbocycles. The van der Waals surface area contributed by atoms with Gasteiger partial charge in [0.05, 0.1) is 11.0 Å². The number of nitrogens with one attached hydrogen (secondary N) is 2. The quantitative estimate of drug-likeness (QED) is 0.464. The third-order valence-corrected chi connectivity index (χ3v) is 4.58. The zero-order valence-electron chi connectivity index (χ0n) is 15.4. The number of imidazole rings is 1. The van der Waals surface area contributed by atoms with Crippen LogP contribution in [0.4, 0.5) is 5.95 Å². The maximum atomic E-state index is 4.64. The van der Waals surface area contributed by atoms with Gasteiger partial charge in [0, 0.05) is 18.3 Å². The number of rotatable bonds is 6. The standard InChI is InChI=1S/C20H17N9/c1-2-4-14(5-3-1)8-10-21-20-22-11-9-18(24-20)29-13-23-16-7-6-15(12-17(16)29)19-25-27-28-26-19/h1-7,9,11-13H,8,10H2,(H,21,22,24)(H,25,26,27,28). The fourth-order valence-electron chi connectivity index (χ4n) is 3.15. The summed E-state index contributed by atoms with van der Waals surface area (Å²) in [6.45, 7) is 0.750. The van der Waals surface area contributed by atoms with E-state index in [9.17, 15) is 0 Å². The lowest BCUT2D eigenvalue weighted by atomic mass is 10.1. The van der Waals surface area contributed by atoms with Crippen LogP contribution in [0.2, 0.25) is 0 Å². The second-order valence-corrected chi connectivity index (χ2v) is 6.45. The van der Waals surface area contributed by atoms with Crippen LogP contribution in [-0.4, -0.2) is 46.7 Å². The van der Waals surface area contributed by atoms with Gasteiger partial charge in [0.2, 0.25) is 11.8 Å². The van der Waals surface area contributed by atoms with Gasteiger partial charge in [-0.05, 0) is 41.5 Å². The molecule has 3 aromatic heterocycles. The minimum atomic E-state index is 0.533. The fourth-order valence-corrected chi connectivity index (χ4v) is 3.15. The Labute approximate surface area is 165 Å². The van der Waals surface area contributed by atoms with E-state index in [-0.39, 0.29) is 0 Å². The maximum Gasteiger partial charge on any atom is 0.224 e. The van der Waals surface area contributed by atoms with Gasteiger partial charge in [-0.25, -0.2) is 9.97 Å². The van der Waals surface area contributed by atoms with Crippen molar-refractivity contribution in [2.45, 2.75) is 6.42 Å². The number of hydrogen-bond donors (Lipinski definition) is 2. The molecule has 0 aliphatic heterocycles. The molecule has 29 heavy (non-hydrogen) atoms. The number of tetrazole rings is 1. The Morgan fingerprint density at radius 3 is 2.79 bits per heavy atom. The van der Waals surface area contributed by atoms with E-state index in [0.717, 1.165) is 35.4 Å². The minimum absolute atomic E-state index is 0.533. The molecule has 9 heteroatoms. The Hall–Kier alpha value is -4.14. The number of aromatic nitrogens is 8. The smallest absolute Gasteiger partial charge is 0.224 e. The molecule has 0 bridgehead atoms. The predicted molar refractivity (Wildman–Crippen MR) is 108 cm³/mol. The maximum absolute atomic E-state index is 4.64. The summed E-state index contributed by atoms with van der Waals surface area (Å²) in [5.41, 5.74) is 3.88. The van der Waals surface area contributed by atoms with Gasteiger partial charge in [-0.3, -0.25) is 4.57 Å². The van der Waals surface area contributed by atoms with E-state index in [1.54, 1.807) is 12.5 Å². The lowest BCUT2D eigenvalue weighted by Crippen LogP contribution is -2.09. The normalized spacial score (nSPS) is 11.0. The van der Waals surface area contributed by atoms with E-state index in [4.69, 9.17) is 0 Å². The van der Waals surface area contributed by atoms with Crippen molar-refractivity contribution in [2.24, 2.45) is 0 Å². The summed E-state index contributed by atoms with van der Waals surface area (Å²) in [4.78, 5) is 13.4. The SMILES string of the molecule is c1ccc(CCNc2nccc(-n3cnc4ccc(-c5nn[nH]n5)cc43)n2)cc1. The lowest BCUT2D eigenvalue weighted by Gasteiger charge is -2.08. The lowest BCUT2D eigenvalue weighted by molar-refractivity contribution is 0.881. The van der Waals surface area contributed by atoms with Crippen molar-refractivity contribution in [2.75, 3.05) is 11.9 Å². The molecule has 5 aromatic rings. The van der Waals surface area contributed by atoms with Crippen LogP contribution in [0.5, 0.6) is 0 Å². The molecule has 2 N–H and O–H groups in total. The number of anilines is 1. The fraction of sp³-hybridized carbons (Fsp3) is 0.100. The molecule has 142 valence electrons. The molecule has 0 saturated heterocycles. The van der Waals surface area contributed by atoms with Crippen molar-refractivity contribution in [1.29, 1.82) is 0 Å². The second kappa shape index (κ2) is 7.47. The Kier molecular flexibility index (Phi) is 4.38. The summed E-state index contributed by atoms with van der Waals surface area (Å²) in [5, 5.41) is 17.5. The summed E-state index contributed by atoms with van der Waals surface area (Å²) in [5.74, 6) is 1.84. The van der Waals surface area contributed by atoms with Gasteiger partial charge in [-0.2, -0.15) is 10.2 Å². The summed E-state index contributed by atoms with van der Waals surface area (Å²) >= 11 is 0. The minimum Gasteiger partial charge on any atom is -0.354 e. The molecule has 0 atom stereocenters. The van der Waals surface area contributed by atoms with Crippen molar-refractivity contribution in [1.82, 2.24) is 40.1 Å². The number of fused-ring (bicyclic) bond motifs is 1. The molecule has 0 amide bonds. The van der Waals surface area contributed by atoms with Crippen LogP contribution in [0, 0.1) is 0 Å². The van der Waals surface area contributed by atoms with Gasteiger partial charge in [0.1, 0.15) is 12.1 Å². The highest BCUT2D eigenvalue weighted by atomic mass is 15.5. The number of H-pyrrole nitrogens is 1. The van der Waals surface area contributed by atoms with E-state index in [1.165, 1.54) is 5.56 Å². The third-order valence-electron chi connectivity index (χ3n) is 4.58. The summed E-state index contributed by atoms with van der Waals surface area (Å²) in [6, 6.07) is 18.0. The summed E-state index contributed by atoms with van der Waals surface area (Å²) in [7, 11) is 0. The van der Waals surface area contributed by atoms with Crippen molar-refractivity contribution in [3.05, 3.63) is 72.7 Å². The largest absolute Gasteiger partial charge is 0.354 e. The van der Waals surface area contributed by atoms with Gasteiger partial charge in [0.15, 0.2) is 0 Å². The van der Waals surface area contributed by atoms with Crippen molar-refractivity contribution in [3.8, 4) is 17.2 Å². The Bertz CT molecular complexity index is 1230. The van der Waals surface area contributed by atoms with Gasteiger partial charge in [0.25, 0.3) is 0 Å². The van der Waals surface area contributed by atoms with E-state index in [2.05, 4.69) is 53.0 Å². The number of benzene rings is 2. The molecule has 0 aliphatic carbocycles. The summed E-state index contributed by atoms with van der Waals surface area (Å²) in [6.07, 6.45) is 4.39. The number of aromatic amines is 1. The van der Waals surface area contributed by atoms with Crippen LogP contribution in [0.3, 0.4) is 0 Å². The van der Waals surface area contributed by atoms with Crippen LogP contribution in [0.25, 0.3) is 28.2 Å². The van der Waals surface area contributed by atoms with Crippen LogP contribution in [-0.2, 0) is 6.42 Å². The van der Waals surface area contributed by atoms with Crippen LogP contribution >= 0.6 is 0 Å². The van der Waals surface area contributed by atoms with Gasteiger partial charge in [-0.1, -0.05) is 30.3 Å². The first kappa shape index (κ1) is 17.0. The topological polar surface area (TPSA) is 110 Å². The van der Waals surface area contributed by atoms with Crippen molar-refractivity contribution >= 4 is 17.0 Å². The van der Waals surface area contributed by atoms with Gasteiger partial charge < -0.3 is 5.32 Å². The number of hydrogen-bond acceptors (Lipinski definition) is 7. The molecule has 5 rings (SSSR count). The number of nitrogens with zero attached hydrogens (tertiary/aromatic N) is 7. The second-order valence-electron chi connectivity index (χ2n) is 6.45. The monoisotopic (exact) mass is 383 g/mol. The van der Waals surface area contributed by atoms with E-state index < -0.39 is 0 Å². The molecule has 0 radical (unpaired) electrons. The molecule has 0 fully saturated rings. The first-order valence-electron chi connectivity index (χ1n) is 9.19. The van der Waals surface area contributed by atoms with Gasteiger partial charge in [-0.15, -0.1) is 10.2 Å². The molecule has 0 aliphatic rings. The van der Waals surface area contributed by atoms with Crippen LogP contribution < -0.4 is 5.32 Å². The van der Waals surface area contributed by atoms with Crippen LogP contribution in [0.1, 0.15) is 5.56 Å². The molecule has 0 unspecified atom stereocenters. The average molecular weight is 383 g/mol. The average Bonchev–Trinajstić information content (AvgIpc) is 3.44. The predicted octanol–water partition coefficient (Wildman–Crippen LogP) is 2.65. The third kappa shape index (κ3) is 3.53. The zero-order chi connectivity index (χ0) is 19.5. The molecule has 9 nitrogen and oxygen atoms in total. The first-order chi connectivity index (χ1) is 14.4. The summed E-state index contributed by atoms with van der Waals surface area (Å²) < 4.78 is 1.92. The molecule has 3 heterocycles. The van der Waals surface area contributed by atoms with E-state index >= 15 is 0 Å². The molecular weight excluding hydrogens is 366 g/mol. The van der Waals surface area contributed by atoms with Gasteiger partial charge >= 0.3 is 0 Å². The van der Waals surface area contributed by atoms with E-state index in [0.29, 0.717) is 11.8 Å². The van der Waals surface area contributed by atoms with Crippen molar-refractivity contribution in [3.63, 3.8) is 0 Å². The molecule has 0 spiro atoms. The Morgan fingerprint density at radius 2 is 1.93 bits per heavy atom.